The van der Waals surface area contributed by atoms with E-state index < -0.39 is 17.9 Å². The number of hydrogen-bond donors (Lipinski definition) is 3. The summed E-state index contributed by atoms with van der Waals surface area (Å²) in [6.07, 6.45) is -1.81. The third kappa shape index (κ3) is 3.45. The van der Waals surface area contributed by atoms with Gasteiger partial charge in [-0.1, -0.05) is 12.1 Å². The summed E-state index contributed by atoms with van der Waals surface area (Å²) in [5.74, 6) is 0. The first-order valence-electron chi connectivity index (χ1n) is 6.92. The van der Waals surface area contributed by atoms with Crippen molar-refractivity contribution in [1.29, 1.82) is 0 Å². The summed E-state index contributed by atoms with van der Waals surface area (Å²) in [5.41, 5.74) is 0.839. The fraction of sp³-hybridized carbons (Fsp3) is 0.133. The number of benzene rings is 1. The van der Waals surface area contributed by atoms with Gasteiger partial charge in [0, 0.05) is 18.1 Å². The lowest BCUT2D eigenvalue weighted by atomic mass is 10.2. The summed E-state index contributed by atoms with van der Waals surface area (Å²) in [6.45, 7) is 0.0539. The third-order valence-corrected chi connectivity index (χ3v) is 3.30. The van der Waals surface area contributed by atoms with E-state index in [1.54, 1.807) is 18.3 Å². The molecule has 0 aliphatic carbocycles. The van der Waals surface area contributed by atoms with Gasteiger partial charge < -0.3 is 10.6 Å². The highest BCUT2D eigenvalue weighted by atomic mass is 19.4. The molecular formula is C15H12F3N5O. The Hall–Kier alpha value is -3.10. The predicted molar refractivity (Wildman–Crippen MR) is 81.2 cm³/mol. The summed E-state index contributed by atoms with van der Waals surface area (Å²) in [7, 11) is 0. The Bertz CT molecular complexity index is 857. The first kappa shape index (κ1) is 15.8. The molecule has 9 heteroatoms. The number of hydrogen-bond acceptors (Lipinski definition) is 3. The zero-order valence-corrected chi connectivity index (χ0v) is 12.2. The standard InChI is InChI=1S/C15H12F3N5O/c16-15(17,18)13-5-4-9(6-19-13)7-20-14(24)22-11-2-1-3-12-10(11)8-21-23-12/h1-6,8H,7H2,(H,21,23)(H2,20,22,24). The number of anilines is 1. The molecule has 0 unspecified atom stereocenters. The minimum Gasteiger partial charge on any atom is -0.334 e. The van der Waals surface area contributed by atoms with Gasteiger partial charge in [0.15, 0.2) is 0 Å². The van der Waals surface area contributed by atoms with Gasteiger partial charge in [-0.15, -0.1) is 0 Å². The maximum Gasteiger partial charge on any atom is 0.433 e. The molecule has 6 nitrogen and oxygen atoms in total. The fourth-order valence-corrected chi connectivity index (χ4v) is 2.12. The quantitative estimate of drug-likeness (QED) is 0.687. The number of H-pyrrole nitrogens is 1. The molecule has 0 radical (unpaired) electrons. The molecule has 0 bridgehead atoms. The SMILES string of the molecule is O=C(NCc1ccc(C(F)(F)F)nc1)Nc1cccc2[nH]ncc12. The van der Waals surface area contributed by atoms with Crippen LogP contribution in [0.2, 0.25) is 0 Å². The molecule has 0 saturated heterocycles. The number of pyridine rings is 1. The largest absolute Gasteiger partial charge is 0.433 e. The number of fused-ring (bicyclic) bond motifs is 1. The monoisotopic (exact) mass is 335 g/mol. The average Bonchev–Trinajstić information content (AvgIpc) is 3.02. The highest BCUT2D eigenvalue weighted by Crippen LogP contribution is 2.27. The van der Waals surface area contributed by atoms with E-state index in [1.807, 2.05) is 6.07 Å². The fourth-order valence-electron chi connectivity index (χ4n) is 2.12. The van der Waals surface area contributed by atoms with E-state index in [4.69, 9.17) is 0 Å². The molecule has 3 N–H and O–H groups in total. The summed E-state index contributed by atoms with van der Waals surface area (Å²) in [6, 6.07) is 6.96. The van der Waals surface area contributed by atoms with Crippen LogP contribution in [0.25, 0.3) is 10.9 Å². The van der Waals surface area contributed by atoms with E-state index in [0.29, 0.717) is 11.3 Å². The Kier molecular flexibility index (Phi) is 4.07. The maximum atomic E-state index is 12.4. The zero-order valence-electron chi connectivity index (χ0n) is 12.2. The average molecular weight is 335 g/mol. The summed E-state index contributed by atoms with van der Waals surface area (Å²) in [5, 5.41) is 12.7. The maximum absolute atomic E-state index is 12.4. The van der Waals surface area contributed by atoms with Crippen LogP contribution in [0.3, 0.4) is 0 Å². The zero-order chi connectivity index (χ0) is 17.2. The minimum atomic E-state index is -4.48. The van der Waals surface area contributed by atoms with Crippen molar-refractivity contribution in [1.82, 2.24) is 20.5 Å². The molecule has 0 fully saturated rings. The van der Waals surface area contributed by atoms with E-state index in [9.17, 15) is 18.0 Å². The van der Waals surface area contributed by atoms with Crippen molar-refractivity contribution in [3.63, 3.8) is 0 Å². The van der Waals surface area contributed by atoms with Crippen LogP contribution in [-0.2, 0) is 12.7 Å². The summed E-state index contributed by atoms with van der Waals surface area (Å²) in [4.78, 5) is 15.3. The number of nitrogens with one attached hydrogen (secondary N) is 3. The number of alkyl halides is 3. The van der Waals surface area contributed by atoms with Gasteiger partial charge in [0.25, 0.3) is 0 Å². The number of urea groups is 1. The lowest BCUT2D eigenvalue weighted by Crippen LogP contribution is -2.28. The van der Waals surface area contributed by atoms with Crippen LogP contribution in [-0.4, -0.2) is 21.2 Å². The van der Waals surface area contributed by atoms with Gasteiger partial charge in [-0.3, -0.25) is 10.1 Å². The summed E-state index contributed by atoms with van der Waals surface area (Å²) < 4.78 is 37.3. The first-order valence-corrected chi connectivity index (χ1v) is 6.92. The van der Waals surface area contributed by atoms with E-state index in [-0.39, 0.29) is 6.54 Å². The number of nitrogens with zero attached hydrogens (tertiary/aromatic N) is 2. The molecular weight excluding hydrogens is 323 g/mol. The molecule has 2 heterocycles. The third-order valence-electron chi connectivity index (χ3n) is 3.30. The molecule has 0 aliphatic rings. The smallest absolute Gasteiger partial charge is 0.334 e. The van der Waals surface area contributed by atoms with Crippen LogP contribution in [0.5, 0.6) is 0 Å². The van der Waals surface area contributed by atoms with Crippen molar-refractivity contribution in [2.24, 2.45) is 0 Å². The summed E-state index contributed by atoms with van der Waals surface area (Å²) >= 11 is 0. The Morgan fingerprint density at radius 3 is 2.71 bits per heavy atom. The van der Waals surface area contributed by atoms with Crippen molar-refractivity contribution in [3.8, 4) is 0 Å². The van der Waals surface area contributed by atoms with E-state index in [1.165, 1.54) is 6.07 Å². The lowest BCUT2D eigenvalue weighted by molar-refractivity contribution is -0.141. The van der Waals surface area contributed by atoms with Crippen LogP contribution >= 0.6 is 0 Å². The van der Waals surface area contributed by atoms with E-state index >= 15 is 0 Å². The van der Waals surface area contributed by atoms with Crippen LogP contribution in [0.4, 0.5) is 23.7 Å². The number of aromatic amines is 1. The molecule has 0 aliphatic heterocycles. The first-order chi connectivity index (χ1) is 11.4. The van der Waals surface area contributed by atoms with Crippen molar-refractivity contribution in [2.75, 3.05) is 5.32 Å². The van der Waals surface area contributed by atoms with E-state index in [0.717, 1.165) is 23.2 Å². The molecule has 0 spiro atoms. The predicted octanol–water partition coefficient (Wildman–Crippen LogP) is 3.30. The van der Waals surface area contributed by atoms with Gasteiger partial charge in [0.1, 0.15) is 5.69 Å². The van der Waals surface area contributed by atoms with Crippen molar-refractivity contribution >= 4 is 22.6 Å². The van der Waals surface area contributed by atoms with Crippen LogP contribution < -0.4 is 10.6 Å². The van der Waals surface area contributed by atoms with Gasteiger partial charge in [0.05, 0.1) is 17.4 Å². The highest BCUT2D eigenvalue weighted by Gasteiger charge is 2.31. The lowest BCUT2D eigenvalue weighted by Gasteiger charge is -2.09. The van der Waals surface area contributed by atoms with Crippen LogP contribution in [0.15, 0.2) is 42.7 Å². The minimum absolute atomic E-state index is 0.0539. The van der Waals surface area contributed by atoms with Gasteiger partial charge in [-0.2, -0.15) is 18.3 Å². The second-order valence-corrected chi connectivity index (χ2v) is 4.99. The molecule has 0 saturated carbocycles. The Morgan fingerprint density at radius 1 is 1.17 bits per heavy atom. The number of aromatic nitrogens is 3. The number of carbonyl (C=O) groups excluding carboxylic acids is 1. The molecule has 3 rings (SSSR count). The van der Waals surface area contributed by atoms with Gasteiger partial charge in [-0.05, 0) is 23.8 Å². The van der Waals surface area contributed by atoms with Gasteiger partial charge in [-0.25, -0.2) is 4.79 Å². The van der Waals surface area contributed by atoms with Crippen molar-refractivity contribution in [3.05, 3.63) is 54.0 Å². The van der Waals surface area contributed by atoms with Gasteiger partial charge >= 0.3 is 12.2 Å². The van der Waals surface area contributed by atoms with E-state index in [2.05, 4.69) is 25.8 Å². The molecule has 0 atom stereocenters. The van der Waals surface area contributed by atoms with Gasteiger partial charge in [0.2, 0.25) is 0 Å². The van der Waals surface area contributed by atoms with Crippen LogP contribution in [0.1, 0.15) is 11.3 Å². The number of rotatable bonds is 3. The molecule has 2 amide bonds. The van der Waals surface area contributed by atoms with Crippen molar-refractivity contribution in [2.45, 2.75) is 12.7 Å². The Morgan fingerprint density at radius 2 is 2.00 bits per heavy atom. The number of carbonyl (C=O) groups is 1. The van der Waals surface area contributed by atoms with Crippen molar-refractivity contribution < 1.29 is 18.0 Å². The molecule has 24 heavy (non-hydrogen) atoms. The number of halogens is 3. The molecule has 2 aromatic heterocycles. The normalized spacial score (nSPS) is 11.5. The molecule has 1 aromatic carbocycles. The Balaban J connectivity index is 1.61. The highest BCUT2D eigenvalue weighted by molar-refractivity contribution is 6.00. The number of amides is 2. The second-order valence-electron chi connectivity index (χ2n) is 4.99. The molecule has 3 aromatic rings. The second kappa shape index (κ2) is 6.19. The van der Waals surface area contributed by atoms with Crippen LogP contribution in [0, 0.1) is 0 Å². The Labute approximate surface area is 134 Å². The molecule has 124 valence electrons. The topological polar surface area (TPSA) is 82.7 Å².